The summed E-state index contributed by atoms with van der Waals surface area (Å²) in [6.07, 6.45) is 1.47. The Morgan fingerprint density at radius 2 is 2.18 bits per heavy atom. The zero-order chi connectivity index (χ0) is 12.5. The van der Waals surface area contributed by atoms with Crippen molar-refractivity contribution >= 4 is 32.2 Å². The Balaban J connectivity index is 2.35. The Morgan fingerprint density at radius 3 is 2.76 bits per heavy atom. The highest BCUT2D eigenvalue weighted by Crippen LogP contribution is 2.20. The summed E-state index contributed by atoms with van der Waals surface area (Å²) in [6.45, 7) is 0. The number of sulfonamides is 1. The lowest BCUT2D eigenvalue weighted by atomic mass is 10.3. The molecule has 0 fully saturated rings. The molecule has 1 heterocycles. The maximum atomic E-state index is 12.9. The maximum absolute atomic E-state index is 12.9. The van der Waals surface area contributed by atoms with E-state index < -0.39 is 15.8 Å². The van der Waals surface area contributed by atoms with Gasteiger partial charge >= 0.3 is 0 Å². The van der Waals surface area contributed by atoms with Crippen LogP contribution in [0.4, 0.5) is 15.2 Å². The molecule has 1 aromatic heterocycles. The van der Waals surface area contributed by atoms with E-state index >= 15 is 0 Å². The van der Waals surface area contributed by atoms with Crippen LogP contribution in [0.1, 0.15) is 0 Å². The molecule has 1 aromatic carbocycles. The van der Waals surface area contributed by atoms with E-state index in [2.05, 4.69) is 9.71 Å². The standard InChI is InChI=1S/C9H8FN3O2S2/c10-7-2-1-6(5-8(7)11)17(14,15)13-9-12-3-4-16-9/h1-5H,11H2,(H,12,13). The molecule has 0 atom stereocenters. The number of aromatic nitrogens is 1. The van der Waals surface area contributed by atoms with Crippen LogP contribution in [0.25, 0.3) is 0 Å². The summed E-state index contributed by atoms with van der Waals surface area (Å²) in [4.78, 5) is 3.68. The van der Waals surface area contributed by atoms with Crippen LogP contribution in [0.15, 0.2) is 34.7 Å². The average Bonchev–Trinajstić information content (AvgIpc) is 2.73. The second-order valence-electron chi connectivity index (χ2n) is 3.13. The first kappa shape index (κ1) is 11.8. The number of anilines is 2. The minimum Gasteiger partial charge on any atom is -0.396 e. The summed E-state index contributed by atoms with van der Waals surface area (Å²) in [7, 11) is -3.77. The predicted molar refractivity (Wildman–Crippen MR) is 63.7 cm³/mol. The van der Waals surface area contributed by atoms with Gasteiger partial charge in [-0.15, -0.1) is 11.3 Å². The number of thiazole rings is 1. The Bertz CT molecular complexity index is 626. The zero-order valence-electron chi connectivity index (χ0n) is 8.42. The average molecular weight is 273 g/mol. The molecule has 0 bridgehead atoms. The number of nitrogen functional groups attached to an aromatic ring is 1. The van der Waals surface area contributed by atoms with E-state index in [4.69, 9.17) is 5.73 Å². The van der Waals surface area contributed by atoms with Crippen molar-refractivity contribution in [2.24, 2.45) is 0 Å². The van der Waals surface area contributed by atoms with Gasteiger partial charge in [-0.05, 0) is 18.2 Å². The summed E-state index contributed by atoms with van der Waals surface area (Å²) in [5, 5.41) is 1.88. The molecular weight excluding hydrogens is 265 g/mol. The quantitative estimate of drug-likeness (QED) is 0.833. The SMILES string of the molecule is Nc1cc(S(=O)(=O)Nc2nccs2)ccc1F. The Morgan fingerprint density at radius 1 is 1.41 bits per heavy atom. The Labute approximate surface area is 101 Å². The molecule has 0 radical (unpaired) electrons. The van der Waals surface area contributed by atoms with E-state index in [1.807, 2.05) is 0 Å². The van der Waals surface area contributed by atoms with Crippen LogP contribution in [0.5, 0.6) is 0 Å². The number of hydrogen-bond acceptors (Lipinski definition) is 5. The van der Waals surface area contributed by atoms with E-state index in [9.17, 15) is 12.8 Å². The molecule has 17 heavy (non-hydrogen) atoms. The molecule has 0 aliphatic heterocycles. The van der Waals surface area contributed by atoms with E-state index in [-0.39, 0.29) is 15.7 Å². The van der Waals surface area contributed by atoms with Gasteiger partial charge in [-0.2, -0.15) is 0 Å². The topological polar surface area (TPSA) is 85.1 Å². The monoisotopic (exact) mass is 273 g/mol. The van der Waals surface area contributed by atoms with Crippen molar-refractivity contribution in [3.05, 3.63) is 35.6 Å². The molecule has 5 nitrogen and oxygen atoms in total. The number of nitrogens with two attached hydrogens (primary N) is 1. The lowest BCUT2D eigenvalue weighted by Gasteiger charge is -2.06. The molecule has 0 aliphatic rings. The van der Waals surface area contributed by atoms with Gasteiger partial charge in [-0.1, -0.05) is 0 Å². The Hall–Kier alpha value is -1.67. The molecule has 8 heteroatoms. The van der Waals surface area contributed by atoms with Gasteiger partial charge in [-0.3, -0.25) is 4.72 Å². The van der Waals surface area contributed by atoms with E-state index in [0.717, 1.165) is 29.5 Å². The van der Waals surface area contributed by atoms with Gasteiger partial charge in [0, 0.05) is 11.6 Å². The largest absolute Gasteiger partial charge is 0.396 e. The molecule has 0 spiro atoms. The number of benzene rings is 1. The number of halogens is 1. The van der Waals surface area contributed by atoms with Crippen LogP contribution < -0.4 is 10.5 Å². The summed E-state index contributed by atoms with van der Waals surface area (Å²) >= 11 is 1.15. The van der Waals surface area contributed by atoms with Crippen LogP contribution in [0.2, 0.25) is 0 Å². The van der Waals surface area contributed by atoms with Gasteiger partial charge < -0.3 is 5.73 Å². The van der Waals surface area contributed by atoms with E-state index in [0.29, 0.717) is 0 Å². The van der Waals surface area contributed by atoms with Crippen molar-refractivity contribution in [3.8, 4) is 0 Å². The van der Waals surface area contributed by atoms with Gasteiger partial charge in [0.25, 0.3) is 10.0 Å². The van der Waals surface area contributed by atoms with Crippen LogP contribution in [-0.2, 0) is 10.0 Å². The minimum absolute atomic E-state index is 0.105. The van der Waals surface area contributed by atoms with Crippen molar-refractivity contribution < 1.29 is 12.8 Å². The molecular formula is C9H8FN3O2S2. The van der Waals surface area contributed by atoms with E-state index in [1.54, 1.807) is 5.38 Å². The predicted octanol–water partition coefficient (Wildman–Crippen LogP) is 1.67. The van der Waals surface area contributed by atoms with Gasteiger partial charge in [-0.25, -0.2) is 17.8 Å². The summed E-state index contributed by atoms with van der Waals surface area (Å²) < 4.78 is 38.9. The van der Waals surface area contributed by atoms with Gasteiger partial charge in [0.2, 0.25) is 0 Å². The van der Waals surface area contributed by atoms with Crippen molar-refractivity contribution in [3.63, 3.8) is 0 Å². The summed E-state index contributed by atoms with van der Waals surface area (Å²) in [6, 6.07) is 3.21. The first-order chi connectivity index (χ1) is 7.99. The molecule has 0 unspecified atom stereocenters. The van der Waals surface area contributed by atoms with Crippen molar-refractivity contribution in [2.75, 3.05) is 10.5 Å². The fourth-order valence-corrected chi connectivity index (χ4v) is 2.96. The molecule has 2 aromatic rings. The maximum Gasteiger partial charge on any atom is 0.263 e. The second-order valence-corrected chi connectivity index (χ2v) is 5.70. The van der Waals surface area contributed by atoms with Crippen molar-refractivity contribution in [2.45, 2.75) is 4.90 Å². The van der Waals surface area contributed by atoms with Crippen LogP contribution >= 0.6 is 11.3 Å². The first-order valence-corrected chi connectivity index (χ1v) is 6.83. The van der Waals surface area contributed by atoms with Gasteiger partial charge in [0.1, 0.15) is 5.82 Å². The summed E-state index contributed by atoms with van der Waals surface area (Å²) in [5.41, 5.74) is 5.09. The number of nitrogens with zero attached hydrogens (tertiary/aromatic N) is 1. The highest BCUT2D eigenvalue weighted by atomic mass is 32.2. The van der Waals surface area contributed by atoms with Gasteiger partial charge in [0.15, 0.2) is 5.13 Å². The summed E-state index contributed by atoms with van der Waals surface area (Å²) in [5.74, 6) is -0.654. The highest BCUT2D eigenvalue weighted by molar-refractivity contribution is 7.93. The van der Waals surface area contributed by atoms with Crippen LogP contribution in [-0.4, -0.2) is 13.4 Å². The molecule has 0 aliphatic carbocycles. The molecule has 0 saturated heterocycles. The second kappa shape index (κ2) is 4.30. The molecule has 3 N–H and O–H groups in total. The molecule has 90 valence electrons. The third kappa shape index (κ3) is 2.53. The van der Waals surface area contributed by atoms with Crippen molar-refractivity contribution in [1.82, 2.24) is 4.98 Å². The number of rotatable bonds is 3. The minimum atomic E-state index is -3.77. The molecule has 0 saturated carbocycles. The number of nitrogens with one attached hydrogen (secondary N) is 1. The van der Waals surface area contributed by atoms with Crippen molar-refractivity contribution in [1.29, 1.82) is 0 Å². The zero-order valence-corrected chi connectivity index (χ0v) is 10.1. The third-order valence-corrected chi connectivity index (χ3v) is 4.09. The third-order valence-electron chi connectivity index (χ3n) is 1.93. The van der Waals surface area contributed by atoms with Crippen LogP contribution in [0.3, 0.4) is 0 Å². The lowest BCUT2D eigenvalue weighted by Crippen LogP contribution is -2.13. The van der Waals surface area contributed by atoms with Gasteiger partial charge in [0.05, 0.1) is 10.6 Å². The normalized spacial score (nSPS) is 11.4. The Kier molecular flexibility index (Phi) is 2.99. The lowest BCUT2D eigenvalue weighted by molar-refractivity contribution is 0.600. The fourth-order valence-electron chi connectivity index (χ4n) is 1.14. The van der Waals surface area contributed by atoms with Crippen LogP contribution in [0, 0.1) is 5.82 Å². The molecule has 2 rings (SSSR count). The first-order valence-electron chi connectivity index (χ1n) is 4.46. The molecule has 0 amide bonds. The fraction of sp³-hybridized carbons (Fsp3) is 0. The smallest absolute Gasteiger partial charge is 0.263 e. The highest BCUT2D eigenvalue weighted by Gasteiger charge is 2.16. The van der Waals surface area contributed by atoms with E-state index in [1.165, 1.54) is 6.20 Å². The number of hydrogen-bond donors (Lipinski definition) is 2.